The largest absolute Gasteiger partial charge is 0.464 e. The Labute approximate surface area is 127 Å². The Hall–Kier alpha value is -2.20. The van der Waals surface area contributed by atoms with Crippen molar-refractivity contribution in [3.63, 3.8) is 0 Å². The van der Waals surface area contributed by atoms with Crippen molar-refractivity contribution in [1.82, 2.24) is 10.3 Å². The molecule has 0 saturated carbocycles. The summed E-state index contributed by atoms with van der Waals surface area (Å²) < 4.78 is 4.73. The number of esters is 1. The van der Waals surface area contributed by atoms with Gasteiger partial charge in [-0.05, 0) is 0 Å². The second-order valence-electron chi connectivity index (χ2n) is 4.07. The van der Waals surface area contributed by atoms with E-state index in [1.807, 2.05) is 0 Å². The molecular formula is C12H20N2O8. The molecule has 0 heterocycles. The number of hydrogen-bond donors (Lipinski definition) is 0. The summed E-state index contributed by atoms with van der Waals surface area (Å²) in [6.45, 7) is 4.81. The predicted octanol–water partition coefficient (Wildman–Crippen LogP) is -0.412. The van der Waals surface area contributed by atoms with Gasteiger partial charge in [0, 0.05) is 32.9 Å². The van der Waals surface area contributed by atoms with Gasteiger partial charge in [0.25, 0.3) is 0 Å². The topological polar surface area (TPSA) is 112 Å². The molecule has 0 aliphatic rings. The van der Waals surface area contributed by atoms with Crippen LogP contribution in [0.3, 0.4) is 0 Å². The summed E-state index contributed by atoms with van der Waals surface area (Å²) in [6, 6.07) is 0. The van der Waals surface area contributed by atoms with Crippen LogP contribution in [-0.4, -0.2) is 60.4 Å². The molecule has 22 heavy (non-hydrogen) atoms. The number of ether oxygens (including phenoxy) is 1. The lowest BCUT2D eigenvalue weighted by Crippen LogP contribution is -2.39. The predicted molar refractivity (Wildman–Crippen MR) is 70.2 cm³/mol. The highest BCUT2D eigenvalue weighted by molar-refractivity contribution is 5.67. The molecule has 0 N–H and O–H groups in total. The van der Waals surface area contributed by atoms with E-state index in [2.05, 4.69) is 9.68 Å². The molecule has 0 saturated heterocycles. The maximum atomic E-state index is 11.0. The molecule has 0 radical (unpaired) electrons. The van der Waals surface area contributed by atoms with E-state index >= 15 is 0 Å². The second kappa shape index (κ2) is 10.5. The average Bonchev–Trinajstić information content (AvgIpc) is 2.32. The van der Waals surface area contributed by atoms with Gasteiger partial charge in [-0.25, -0.2) is 0 Å². The van der Waals surface area contributed by atoms with E-state index in [0.29, 0.717) is 5.23 Å². The minimum atomic E-state index is -0.680. The third kappa shape index (κ3) is 11.6. The molecule has 10 heteroatoms. The zero-order chi connectivity index (χ0) is 17.1. The Morgan fingerprint density at radius 1 is 0.682 bits per heavy atom. The highest BCUT2D eigenvalue weighted by Gasteiger charge is 2.17. The minimum absolute atomic E-state index is 0.00371. The third-order valence-corrected chi connectivity index (χ3v) is 1.90. The van der Waals surface area contributed by atoms with Crippen LogP contribution in [-0.2, 0) is 38.4 Å². The molecule has 0 unspecified atom stereocenters. The first-order valence-corrected chi connectivity index (χ1v) is 6.42. The summed E-state index contributed by atoms with van der Waals surface area (Å²) >= 11 is 0. The minimum Gasteiger partial charge on any atom is -0.464 e. The summed E-state index contributed by atoms with van der Waals surface area (Å²) in [7, 11) is 0. The number of rotatable bonds is 9. The molecule has 0 rings (SSSR count). The van der Waals surface area contributed by atoms with Gasteiger partial charge in [0.2, 0.25) is 0 Å². The average molecular weight is 320 g/mol. The first-order chi connectivity index (χ1) is 10.2. The molecule has 126 valence electrons. The molecule has 0 aromatic heterocycles. The van der Waals surface area contributed by atoms with Crippen molar-refractivity contribution in [2.75, 3.05) is 26.2 Å². The van der Waals surface area contributed by atoms with Gasteiger partial charge in [-0.1, -0.05) is 0 Å². The van der Waals surface area contributed by atoms with Gasteiger partial charge in [-0.3, -0.25) is 19.2 Å². The van der Waals surface area contributed by atoms with Crippen molar-refractivity contribution in [3.05, 3.63) is 0 Å². The van der Waals surface area contributed by atoms with Crippen LogP contribution in [0.2, 0.25) is 0 Å². The first-order valence-electron chi connectivity index (χ1n) is 6.42. The van der Waals surface area contributed by atoms with Gasteiger partial charge < -0.3 is 19.2 Å². The van der Waals surface area contributed by atoms with E-state index in [9.17, 15) is 19.2 Å². The van der Waals surface area contributed by atoms with Crippen LogP contribution in [0.4, 0.5) is 0 Å². The van der Waals surface area contributed by atoms with E-state index in [1.54, 1.807) is 0 Å². The molecular weight excluding hydrogens is 300 g/mol. The first kappa shape index (κ1) is 19.8. The number of hydroxylamine groups is 4. The lowest BCUT2D eigenvalue weighted by Gasteiger charge is -2.23. The Kier molecular flexibility index (Phi) is 9.46. The molecule has 0 atom stereocenters. The molecule has 0 bridgehead atoms. The lowest BCUT2D eigenvalue weighted by atomic mass is 10.5. The monoisotopic (exact) mass is 320 g/mol. The molecule has 0 fully saturated rings. The molecule has 0 amide bonds. The maximum Gasteiger partial charge on any atom is 0.326 e. The third-order valence-electron chi connectivity index (χ3n) is 1.90. The molecule has 0 spiro atoms. The highest BCUT2D eigenvalue weighted by Crippen LogP contribution is 1.99. The van der Waals surface area contributed by atoms with Crippen LogP contribution in [0.25, 0.3) is 0 Å². The number of carbonyl (C=O) groups is 4. The fraction of sp³-hybridized carbons (Fsp3) is 0.667. The van der Waals surface area contributed by atoms with Gasteiger partial charge in [-0.2, -0.15) is 0 Å². The summed E-state index contributed by atoms with van der Waals surface area (Å²) in [4.78, 5) is 57.7. The zero-order valence-electron chi connectivity index (χ0n) is 13.0. The van der Waals surface area contributed by atoms with E-state index in [4.69, 9.17) is 9.57 Å². The normalized spacial score (nSPS) is 10.3. The molecule has 0 aliphatic heterocycles. The summed E-state index contributed by atoms with van der Waals surface area (Å²) in [5.74, 6) is -2.40. The van der Waals surface area contributed by atoms with Crippen molar-refractivity contribution in [3.8, 4) is 0 Å². The van der Waals surface area contributed by atoms with Crippen molar-refractivity contribution >= 4 is 23.9 Å². The van der Waals surface area contributed by atoms with Crippen LogP contribution in [0, 0.1) is 0 Å². The fourth-order valence-corrected chi connectivity index (χ4v) is 1.27. The maximum absolute atomic E-state index is 11.0. The molecule has 10 nitrogen and oxygen atoms in total. The van der Waals surface area contributed by atoms with Gasteiger partial charge >= 0.3 is 23.9 Å². The Balaban J connectivity index is 4.46. The standard InChI is InChI=1S/C12H20N2O8/c1-9(15)19-8-7-13(20-10(2)16)5-6-14(21-11(3)17)22-12(4)18/h5-8H2,1-4H3. The fourth-order valence-electron chi connectivity index (χ4n) is 1.27. The van der Waals surface area contributed by atoms with Crippen molar-refractivity contribution < 1.29 is 38.4 Å². The van der Waals surface area contributed by atoms with Gasteiger partial charge in [0.05, 0.1) is 19.6 Å². The van der Waals surface area contributed by atoms with E-state index in [1.165, 1.54) is 18.9 Å². The zero-order valence-corrected chi connectivity index (χ0v) is 13.0. The van der Waals surface area contributed by atoms with Crippen LogP contribution >= 0.6 is 0 Å². The quantitative estimate of drug-likeness (QED) is 0.410. The Morgan fingerprint density at radius 2 is 1.18 bits per heavy atom. The van der Waals surface area contributed by atoms with Gasteiger partial charge in [-0.15, -0.1) is 5.06 Å². The number of carbonyl (C=O) groups excluding carboxylic acids is 4. The van der Waals surface area contributed by atoms with E-state index in [0.717, 1.165) is 13.8 Å². The number of nitrogens with zero attached hydrogens (tertiary/aromatic N) is 2. The van der Waals surface area contributed by atoms with E-state index < -0.39 is 23.9 Å². The summed E-state index contributed by atoms with van der Waals surface area (Å²) in [5, 5.41) is 1.86. The molecule has 0 aliphatic carbocycles. The second-order valence-corrected chi connectivity index (χ2v) is 4.07. The van der Waals surface area contributed by atoms with Crippen molar-refractivity contribution in [2.24, 2.45) is 0 Å². The van der Waals surface area contributed by atoms with Gasteiger partial charge in [0.15, 0.2) is 0 Å². The Morgan fingerprint density at radius 3 is 1.59 bits per heavy atom. The van der Waals surface area contributed by atoms with Crippen molar-refractivity contribution in [2.45, 2.75) is 27.7 Å². The SMILES string of the molecule is CC(=O)OCCN(CCN(OC(C)=O)OC(C)=O)OC(C)=O. The smallest absolute Gasteiger partial charge is 0.326 e. The summed E-state index contributed by atoms with van der Waals surface area (Å²) in [6.07, 6.45) is 0. The van der Waals surface area contributed by atoms with Crippen LogP contribution in [0.5, 0.6) is 0 Å². The van der Waals surface area contributed by atoms with Gasteiger partial charge in [0.1, 0.15) is 6.61 Å². The summed E-state index contributed by atoms with van der Waals surface area (Å²) in [5.41, 5.74) is 0. The van der Waals surface area contributed by atoms with Crippen LogP contribution in [0.15, 0.2) is 0 Å². The van der Waals surface area contributed by atoms with Crippen LogP contribution < -0.4 is 0 Å². The molecule has 0 aromatic carbocycles. The Bertz CT molecular complexity index is 396. The van der Waals surface area contributed by atoms with Crippen molar-refractivity contribution in [1.29, 1.82) is 0 Å². The lowest BCUT2D eigenvalue weighted by molar-refractivity contribution is -0.327. The molecule has 0 aromatic rings. The highest BCUT2D eigenvalue weighted by atomic mass is 17.0. The number of hydrogen-bond acceptors (Lipinski definition) is 10. The van der Waals surface area contributed by atoms with Crippen LogP contribution in [0.1, 0.15) is 27.7 Å². The van der Waals surface area contributed by atoms with E-state index in [-0.39, 0.29) is 26.2 Å².